The van der Waals surface area contributed by atoms with Crippen molar-refractivity contribution in [2.75, 3.05) is 4.90 Å². The van der Waals surface area contributed by atoms with E-state index >= 15 is 0 Å². The molecule has 8 rings (SSSR count). The van der Waals surface area contributed by atoms with Gasteiger partial charge in [-0.15, -0.1) is 0 Å². The Kier molecular flexibility index (Phi) is 5.08. The predicted molar refractivity (Wildman–Crippen MR) is 143 cm³/mol. The number of imide groups is 1. The number of anilines is 1. The highest BCUT2D eigenvalue weighted by molar-refractivity contribution is 6.23. The summed E-state index contributed by atoms with van der Waals surface area (Å²) in [6, 6.07) is 32.4. The van der Waals surface area contributed by atoms with Crippen LogP contribution in [0.25, 0.3) is 0 Å². The Morgan fingerprint density at radius 3 is 1.58 bits per heavy atom. The minimum Gasteiger partial charge on any atom is -0.483 e. The van der Waals surface area contributed by atoms with Crippen LogP contribution in [-0.4, -0.2) is 23.7 Å². The lowest BCUT2D eigenvalue weighted by Gasteiger charge is -2.45. The van der Waals surface area contributed by atoms with Crippen LogP contribution in [0.15, 0.2) is 103 Å². The number of rotatable bonds is 5. The molecule has 3 aliphatic carbocycles. The summed E-state index contributed by atoms with van der Waals surface area (Å²) in [5, 5.41) is 0. The lowest BCUT2D eigenvalue weighted by molar-refractivity contribution is -0.122. The van der Waals surface area contributed by atoms with Crippen molar-refractivity contribution >= 4 is 23.3 Å². The standard InChI is InChI=1S/C33H25NO4/c1-19(31(35)20-9-3-2-4-10-20)38-22-17-15-21(16-18-22)34-32(36)29-27-23-11-5-6-12-24(23)28(30(29)33(34)37)26-14-8-7-13-25(26)27/h2-19,27-30H,1H3/t19-,27?,28?,29-,30+/m0/s1. The molecule has 1 saturated heterocycles. The average molecular weight is 500 g/mol. The highest BCUT2D eigenvalue weighted by Gasteiger charge is 2.61. The first-order valence-electron chi connectivity index (χ1n) is 13.0. The molecule has 1 fully saturated rings. The summed E-state index contributed by atoms with van der Waals surface area (Å²) in [5.74, 6) is -1.02. The van der Waals surface area contributed by atoms with E-state index in [1.807, 2.05) is 42.5 Å². The van der Waals surface area contributed by atoms with Crippen molar-refractivity contribution in [2.24, 2.45) is 11.8 Å². The average Bonchev–Trinajstić information content (AvgIpc) is 3.23. The molecule has 186 valence electrons. The molecule has 4 aromatic rings. The maximum atomic E-state index is 13.9. The third kappa shape index (κ3) is 3.21. The van der Waals surface area contributed by atoms with Crippen molar-refractivity contribution in [3.63, 3.8) is 0 Å². The number of nitrogens with zero attached hydrogens (tertiary/aromatic N) is 1. The van der Waals surface area contributed by atoms with Gasteiger partial charge in [0.25, 0.3) is 0 Å². The third-order valence-corrected chi connectivity index (χ3v) is 8.28. The maximum absolute atomic E-state index is 13.9. The Bertz CT molecular complexity index is 1480. The maximum Gasteiger partial charge on any atom is 0.238 e. The van der Waals surface area contributed by atoms with Crippen molar-refractivity contribution in [3.05, 3.63) is 131 Å². The van der Waals surface area contributed by atoms with Gasteiger partial charge in [-0.1, -0.05) is 78.9 Å². The first-order chi connectivity index (χ1) is 18.5. The van der Waals surface area contributed by atoms with E-state index in [0.29, 0.717) is 17.0 Å². The van der Waals surface area contributed by atoms with Crippen LogP contribution in [0.2, 0.25) is 0 Å². The van der Waals surface area contributed by atoms with E-state index in [1.165, 1.54) is 4.90 Å². The fourth-order valence-electron chi connectivity index (χ4n) is 6.70. The molecule has 5 nitrogen and oxygen atoms in total. The number of hydrogen-bond acceptors (Lipinski definition) is 4. The van der Waals surface area contributed by atoms with E-state index in [4.69, 9.17) is 4.74 Å². The highest BCUT2D eigenvalue weighted by Crippen LogP contribution is 2.61. The van der Waals surface area contributed by atoms with Crippen molar-refractivity contribution in [2.45, 2.75) is 24.9 Å². The largest absolute Gasteiger partial charge is 0.483 e. The van der Waals surface area contributed by atoms with Crippen molar-refractivity contribution in [1.82, 2.24) is 0 Å². The molecule has 1 heterocycles. The molecule has 1 aliphatic heterocycles. The summed E-state index contributed by atoms with van der Waals surface area (Å²) in [6.45, 7) is 1.71. The van der Waals surface area contributed by atoms with Crippen LogP contribution >= 0.6 is 0 Å². The van der Waals surface area contributed by atoms with E-state index in [9.17, 15) is 14.4 Å². The second-order valence-corrected chi connectivity index (χ2v) is 10.3. The molecule has 0 radical (unpaired) electrons. The SMILES string of the molecule is C[C@H](Oc1ccc(N2C(=O)[C@@H]3C4c5ccccc5C(c5ccccc54)[C@@H]3C2=O)cc1)C(=O)c1ccccc1. The Hall–Kier alpha value is -4.51. The van der Waals surface area contributed by atoms with Crippen LogP contribution in [0.1, 0.15) is 51.4 Å². The fourth-order valence-corrected chi connectivity index (χ4v) is 6.70. The normalized spacial score (nSPS) is 23.4. The van der Waals surface area contributed by atoms with Crippen molar-refractivity contribution in [1.29, 1.82) is 0 Å². The van der Waals surface area contributed by atoms with E-state index in [-0.39, 0.29) is 29.4 Å². The lowest BCUT2D eigenvalue weighted by atomic mass is 9.55. The van der Waals surface area contributed by atoms with Crippen molar-refractivity contribution < 1.29 is 19.1 Å². The lowest BCUT2D eigenvalue weighted by Crippen LogP contribution is -2.41. The van der Waals surface area contributed by atoms with Gasteiger partial charge in [0.15, 0.2) is 6.10 Å². The zero-order valence-electron chi connectivity index (χ0n) is 20.8. The van der Waals surface area contributed by atoms with Crippen LogP contribution in [0.5, 0.6) is 5.75 Å². The van der Waals surface area contributed by atoms with Crippen LogP contribution < -0.4 is 9.64 Å². The third-order valence-electron chi connectivity index (χ3n) is 8.28. The molecule has 5 heteroatoms. The van der Waals surface area contributed by atoms with Gasteiger partial charge in [0.2, 0.25) is 17.6 Å². The second-order valence-electron chi connectivity index (χ2n) is 10.3. The Morgan fingerprint density at radius 2 is 1.11 bits per heavy atom. The minimum atomic E-state index is -0.672. The Labute approximate surface area is 220 Å². The number of carbonyl (C=O) groups is 3. The van der Waals surface area contributed by atoms with E-state index < -0.39 is 17.9 Å². The van der Waals surface area contributed by atoms with Crippen molar-refractivity contribution in [3.8, 4) is 5.75 Å². The topological polar surface area (TPSA) is 63.7 Å². The first kappa shape index (κ1) is 22.7. The molecule has 0 aromatic heterocycles. The molecule has 0 saturated carbocycles. The monoisotopic (exact) mass is 499 g/mol. The van der Waals surface area contributed by atoms with Crippen LogP contribution in [0, 0.1) is 11.8 Å². The molecule has 3 atom stereocenters. The summed E-state index contributed by atoms with van der Waals surface area (Å²) < 4.78 is 5.89. The molecule has 4 aliphatic rings. The Balaban J connectivity index is 1.18. The van der Waals surface area contributed by atoms with E-state index in [0.717, 1.165) is 22.3 Å². The number of hydrogen-bond donors (Lipinski definition) is 0. The van der Waals surface area contributed by atoms with Crippen LogP contribution in [0.4, 0.5) is 5.69 Å². The van der Waals surface area contributed by atoms with Gasteiger partial charge in [-0.05, 0) is 53.4 Å². The molecule has 4 aromatic carbocycles. The second kappa shape index (κ2) is 8.52. The summed E-state index contributed by atoms with van der Waals surface area (Å²) in [7, 11) is 0. The molecule has 2 bridgehead atoms. The van der Waals surface area contributed by atoms with Crippen LogP contribution in [0.3, 0.4) is 0 Å². The summed E-state index contributed by atoms with van der Waals surface area (Å²) in [5.41, 5.74) is 5.73. The van der Waals surface area contributed by atoms with E-state index in [2.05, 4.69) is 24.3 Å². The number of benzene rings is 4. The van der Waals surface area contributed by atoms with E-state index in [1.54, 1.807) is 43.3 Å². The number of carbonyl (C=O) groups excluding carboxylic acids is 3. The summed E-state index contributed by atoms with van der Waals surface area (Å²) in [4.78, 5) is 41.8. The number of amides is 2. The van der Waals surface area contributed by atoms with Gasteiger partial charge in [-0.2, -0.15) is 0 Å². The number of ketones is 1. The zero-order chi connectivity index (χ0) is 26.0. The Morgan fingerprint density at radius 1 is 0.658 bits per heavy atom. The number of Topliss-reactive ketones (excluding diaryl/α,β-unsaturated/α-hetero) is 1. The molecular weight excluding hydrogens is 474 g/mol. The highest BCUT2D eigenvalue weighted by atomic mass is 16.5. The van der Waals surface area contributed by atoms with Gasteiger partial charge in [0, 0.05) is 17.4 Å². The predicted octanol–water partition coefficient (Wildman–Crippen LogP) is 5.73. The first-order valence-corrected chi connectivity index (χ1v) is 13.0. The molecule has 2 amide bonds. The van der Waals surface area contributed by atoms with Gasteiger partial charge in [0.1, 0.15) is 5.75 Å². The van der Waals surface area contributed by atoms with Gasteiger partial charge >= 0.3 is 0 Å². The molecular formula is C33H25NO4. The minimum absolute atomic E-state index is 0.113. The van der Waals surface area contributed by atoms with Gasteiger partial charge in [0.05, 0.1) is 17.5 Å². The van der Waals surface area contributed by atoms with Gasteiger partial charge < -0.3 is 4.74 Å². The fraction of sp³-hybridized carbons (Fsp3) is 0.182. The quantitative estimate of drug-likeness (QED) is 0.260. The molecule has 0 N–H and O–H groups in total. The summed E-state index contributed by atoms with van der Waals surface area (Å²) in [6.07, 6.45) is -0.672. The molecule has 0 unspecified atom stereocenters. The molecule has 38 heavy (non-hydrogen) atoms. The smallest absolute Gasteiger partial charge is 0.238 e. The summed E-state index contributed by atoms with van der Waals surface area (Å²) >= 11 is 0. The van der Waals surface area contributed by atoms with Crippen LogP contribution in [-0.2, 0) is 9.59 Å². The zero-order valence-corrected chi connectivity index (χ0v) is 20.8. The van der Waals surface area contributed by atoms with Gasteiger partial charge in [-0.25, -0.2) is 4.90 Å². The van der Waals surface area contributed by atoms with Gasteiger partial charge in [-0.3, -0.25) is 14.4 Å². The molecule has 0 spiro atoms. The number of ether oxygens (including phenoxy) is 1.